The molecule has 6 nitrogen and oxygen atoms in total. The zero-order valence-corrected chi connectivity index (χ0v) is 12.8. The molecule has 2 N–H and O–H groups in total. The van der Waals surface area contributed by atoms with Gasteiger partial charge in [0.05, 0.1) is 16.7 Å². The van der Waals surface area contributed by atoms with Crippen LogP contribution in [0.2, 0.25) is 0 Å². The summed E-state index contributed by atoms with van der Waals surface area (Å²) in [6.45, 7) is 0. The topological polar surface area (TPSA) is 83.3 Å². The molecule has 22 heavy (non-hydrogen) atoms. The molecular formula is C14H10N4O2S2. The summed E-state index contributed by atoms with van der Waals surface area (Å²) in [5, 5.41) is 22.0. The van der Waals surface area contributed by atoms with Crippen LogP contribution in [0.15, 0.2) is 46.9 Å². The fourth-order valence-corrected chi connectivity index (χ4v) is 2.68. The Morgan fingerprint density at radius 2 is 2.14 bits per heavy atom. The van der Waals surface area contributed by atoms with Crippen molar-refractivity contribution in [2.45, 2.75) is 0 Å². The number of H-pyrrole nitrogens is 1. The first-order chi connectivity index (χ1) is 10.6. The van der Waals surface area contributed by atoms with Crippen molar-refractivity contribution in [3.8, 4) is 10.7 Å². The van der Waals surface area contributed by atoms with E-state index in [4.69, 9.17) is 17.3 Å². The van der Waals surface area contributed by atoms with Gasteiger partial charge in [-0.1, -0.05) is 18.2 Å². The quantitative estimate of drug-likeness (QED) is 0.568. The molecule has 0 saturated heterocycles. The molecule has 0 aliphatic rings. The molecule has 110 valence electrons. The summed E-state index contributed by atoms with van der Waals surface area (Å²) >= 11 is 6.72. The van der Waals surface area contributed by atoms with Gasteiger partial charge in [-0.2, -0.15) is 14.9 Å². The summed E-state index contributed by atoms with van der Waals surface area (Å²) < 4.78 is 1.92. The van der Waals surface area contributed by atoms with E-state index in [1.165, 1.54) is 16.8 Å². The number of nitrogens with one attached hydrogen (secondary N) is 1. The zero-order chi connectivity index (χ0) is 15.5. The highest BCUT2D eigenvalue weighted by Crippen LogP contribution is 2.22. The van der Waals surface area contributed by atoms with E-state index in [-0.39, 0.29) is 5.56 Å². The molecule has 0 spiro atoms. The van der Waals surface area contributed by atoms with Crippen LogP contribution in [-0.4, -0.2) is 32.2 Å². The summed E-state index contributed by atoms with van der Waals surface area (Å²) in [7, 11) is 0. The number of hydrogen-bond donors (Lipinski definition) is 2. The Bertz CT molecular complexity index is 876. The van der Waals surface area contributed by atoms with E-state index in [1.807, 2.05) is 17.5 Å². The van der Waals surface area contributed by atoms with Crippen LogP contribution in [0, 0.1) is 4.77 Å². The van der Waals surface area contributed by atoms with Crippen LogP contribution >= 0.6 is 23.6 Å². The second-order valence-electron chi connectivity index (χ2n) is 4.31. The molecule has 1 aromatic carbocycles. The third-order valence-electron chi connectivity index (χ3n) is 2.87. The third kappa shape index (κ3) is 2.87. The first kappa shape index (κ1) is 14.4. The molecule has 0 aliphatic heterocycles. The van der Waals surface area contributed by atoms with Crippen LogP contribution in [-0.2, 0) is 0 Å². The number of benzene rings is 1. The third-order valence-corrected chi connectivity index (χ3v) is 4.00. The van der Waals surface area contributed by atoms with Gasteiger partial charge in [0.1, 0.15) is 0 Å². The van der Waals surface area contributed by atoms with Gasteiger partial charge in [0.2, 0.25) is 4.77 Å². The summed E-state index contributed by atoms with van der Waals surface area (Å²) in [5.74, 6) is -0.320. The number of aromatic carboxylic acids is 1. The number of carbonyl (C=O) groups is 1. The van der Waals surface area contributed by atoms with Gasteiger partial charge in [0, 0.05) is 0 Å². The van der Waals surface area contributed by atoms with E-state index in [0.29, 0.717) is 10.6 Å². The lowest BCUT2D eigenvalue weighted by atomic mass is 10.1. The molecule has 0 atom stereocenters. The molecule has 0 amide bonds. The molecule has 3 rings (SSSR count). The van der Waals surface area contributed by atoms with Crippen LogP contribution in [0.3, 0.4) is 0 Å². The van der Waals surface area contributed by atoms with Crippen molar-refractivity contribution in [3.05, 3.63) is 57.7 Å². The van der Waals surface area contributed by atoms with E-state index < -0.39 is 5.97 Å². The van der Waals surface area contributed by atoms with Gasteiger partial charge in [0.25, 0.3) is 0 Å². The van der Waals surface area contributed by atoms with Gasteiger partial charge in [-0.05, 0) is 41.4 Å². The average molecular weight is 330 g/mol. The first-order valence-electron chi connectivity index (χ1n) is 6.24. The van der Waals surface area contributed by atoms with Crippen molar-refractivity contribution in [2.24, 2.45) is 5.10 Å². The second-order valence-corrected chi connectivity index (χ2v) is 5.65. The minimum atomic E-state index is -0.958. The summed E-state index contributed by atoms with van der Waals surface area (Å²) in [5.41, 5.74) is 1.00. The van der Waals surface area contributed by atoms with Crippen molar-refractivity contribution >= 4 is 35.7 Å². The molecule has 0 fully saturated rings. The van der Waals surface area contributed by atoms with Gasteiger partial charge in [-0.25, -0.2) is 9.89 Å². The normalized spacial score (nSPS) is 11.1. The maximum absolute atomic E-state index is 10.8. The van der Waals surface area contributed by atoms with Crippen LogP contribution < -0.4 is 0 Å². The fraction of sp³-hybridized carbons (Fsp3) is 0. The molecule has 0 bridgehead atoms. The molecule has 0 radical (unpaired) electrons. The van der Waals surface area contributed by atoms with Crippen molar-refractivity contribution in [2.75, 3.05) is 0 Å². The monoisotopic (exact) mass is 330 g/mol. The highest BCUT2D eigenvalue weighted by atomic mass is 32.1. The SMILES string of the molecule is O=C(O)c1ccc(C=Nn2c(-c3cccs3)n[nH]c2=S)cc1. The van der Waals surface area contributed by atoms with Gasteiger partial charge in [-0.3, -0.25) is 0 Å². The lowest BCUT2D eigenvalue weighted by Crippen LogP contribution is -1.97. The van der Waals surface area contributed by atoms with Crippen LogP contribution in [0.4, 0.5) is 0 Å². The first-order valence-corrected chi connectivity index (χ1v) is 7.53. The number of hydrogen-bond acceptors (Lipinski definition) is 5. The number of aromatic nitrogens is 3. The number of rotatable bonds is 4. The highest BCUT2D eigenvalue weighted by molar-refractivity contribution is 7.71. The standard InChI is InChI=1S/C14H10N4O2S2/c19-13(20)10-5-3-9(4-6-10)8-15-18-12(16-17-14(18)21)11-2-1-7-22-11/h1-8H,(H,17,21)(H,19,20). The van der Waals surface area contributed by atoms with Crippen molar-refractivity contribution < 1.29 is 9.90 Å². The smallest absolute Gasteiger partial charge is 0.335 e. The lowest BCUT2D eigenvalue weighted by molar-refractivity contribution is 0.0697. The van der Waals surface area contributed by atoms with Crippen molar-refractivity contribution in [3.63, 3.8) is 0 Å². The lowest BCUT2D eigenvalue weighted by Gasteiger charge is -1.98. The van der Waals surface area contributed by atoms with Gasteiger partial charge in [-0.15, -0.1) is 11.3 Å². The Morgan fingerprint density at radius 3 is 2.77 bits per heavy atom. The minimum Gasteiger partial charge on any atom is -0.478 e. The molecule has 0 unspecified atom stereocenters. The van der Waals surface area contributed by atoms with Crippen LogP contribution in [0.25, 0.3) is 10.7 Å². The predicted octanol–water partition coefficient (Wildman–Crippen LogP) is 3.25. The van der Waals surface area contributed by atoms with E-state index in [2.05, 4.69) is 15.3 Å². The average Bonchev–Trinajstić information content (AvgIpc) is 3.15. The van der Waals surface area contributed by atoms with Gasteiger partial charge >= 0.3 is 5.97 Å². The van der Waals surface area contributed by atoms with E-state index in [0.717, 1.165) is 10.4 Å². The second kappa shape index (κ2) is 6.04. The fourth-order valence-electron chi connectivity index (χ4n) is 1.80. The van der Waals surface area contributed by atoms with Gasteiger partial charge in [0.15, 0.2) is 5.82 Å². The van der Waals surface area contributed by atoms with Crippen LogP contribution in [0.5, 0.6) is 0 Å². The summed E-state index contributed by atoms with van der Waals surface area (Å²) in [4.78, 5) is 11.8. The number of carboxylic acid groups (broad SMARTS) is 1. The minimum absolute atomic E-state index is 0.233. The van der Waals surface area contributed by atoms with Crippen molar-refractivity contribution in [1.29, 1.82) is 0 Å². The Hall–Kier alpha value is -2.58. The summed E-state index contributed by atoms with van der Waals surface area (Å²) in [6, 6.07) is 10.3. The molecule has 0 saturated carbocycles. The van der Waals surface area contributed by atoms with Gasteiger partial charge < -0.3 is 5.11 Å². The maximum Gasteiger partial charge on any atom is 0.335 e. The molecule has 0 aliphatic carbocycles. The number of thiophene rings is 1. The van der Waals surface area contributed by atoms with E-state index in [1.54, 1.807) is 29.7 Å². The van der Waals surface area contributed by atoms with E-state index in [9.17, 15) is 4.79 Å². The highest BCUT2D eigenvalue weighted by Gasteiger charge is 2.08. The number of carboxylic acids is 1. The Kier molecular flexibility index (Phi) is 3.94. The molecule has 3 aromatic rings. The molecule has 2 heterocycles. The van der Waals surface area contributed by atoms with Crippen molar-refractivity contribution in [1.82, 2.24) is 14.9 Å². The maximum atomic E-state index is 10.8. The van der Waals surface area contributed by atoms with Crippen LogP contribution in [0.1, 0.15) is 15.9 Å². The molecular weight excluding hydrogens is 320 g/mol. The number of aromatic amines is 1. The predicted molar refractivity (Wildman–Crippen MR) is 87.1 cm³/mol. The Labute approximate surface area is 134 Å². The summed E-state index contributed by atoms with van der Waals surface area (Å²) in [6.07, 6.45) is 1.61. The Balaban J connectivity index is 1.91. The largest absolute Gasteiger partial charge is 0.478 e. The molecule has 8 heteroatoms. The Morgan fingerprint density at radius 1 is 1.36 bits per heavy atom. The molecule has 2 aromatic heterocycles. The van der Waals surface area contributed by atoms with E-state index >= 15 is 0 Å². The number of nitrogens with zero attached hydrogens (tertiary/aromatic N) is 3. The zero-order valence-electron chi connectivity index (χ0n) is 11.1.